The quantitative estimate of drug-likeness (QED) is 0.706. The number of rotatable bonds is 5. The van der Waals surface area contributed by atoms with Crippen molar-refractivity contribution in [3.63, 3.8) is 0 Å². The van der Waals surface area contributed by atoms with Gasteiger partial charge in [0, 0.05) is 12.0 Å². The average Bonchev–Trinajstić information content (AvgIpc) is 2.73. The highest BCUT2D eigenvalue weighted by Gasteiger charge is 2.52. The smallest absolute Gasteiger partial charge is 0.399 e. The molecule has 1 atom stereocenters. The van der Waals surface area contributed by atoms with Gasteiger partial charge in [0.05, 0.1) is 11.2 Å². The molecule has 27 heavy (non-hydrogen) atoms. The maximum atomic E-state index is 14.5. The van der Waals surface area contributed by atoms with Gasteiger partial charge in [0.25, 0.3) is 0 Å². The molecule has 2 saturated heterocycles. The van der Waals surface area contributed by atoms with E-state index in [1.807, 2.05) is 39.8 Å². The van der Waals surface area contributed by atoms with E-state index in [0.717, 1.165) is 31.1 Å². The fourth-order valence-corrected chi connectivity index (χ4v) is 4.18. The van der Waals surface area contributed by atoms with Crippen molar-refractivity contribution < 1.29 is 13.7 Å². The van der Waals surface area contributed by atoms with Gasteiger partial charge < -0.3 is 9.31 Å². The third-order valence-corrected chi connectivity index (χ3v) is 6.61. The third-order valence-electron chi connectivity index (χ3n) is 6.61. The number of halogens is 1. The number of hydrogen-bond donors (Lipinski definition) is 0. The second-order valence-electron chi connectivity index (χ2n) is 9.31. The highest BCUT2D eigenvalue weighted by atomic mass is 19.1. The van der Waals surface area contributed by atoms with Gasteiger partial charge in [0.1, 0.15) is 5.82 Å². The van der Waals surface area contributed by atoms with Gasteiger partial charge in [0.15, 0.2) is 0 Å². The molecular weight excluding hydrogens is 340 g/mol. The largest absolute Gasteiger partial charge is 0.497 e. The van der Waals surface area contributed by atoms with Crippen LogP contribution in [0.3, 0.4) is 0 Å². The van der Waals surface area contributed by atoms with E-state index in [1.165, 1.54) is 32.1 Å². The Morgan fingerprint density at radius 1 is 1.11 bits per heavy atom. The molecule has 2 heterocycles. The number of likely N-dealkylation sites (tertiary alicyclic amines) is 1. The molecule has 0 aliphatic carbocycles. The Hall–Kier alpha value is -0.905. The van der Waals surface area contributed by atoms with Crippen LogP contribution in [0.4, 0.5) is 4.39 Å². The fourth-order valence-electron chi connectivity index (χ4n) is 4.18. The minimum atomic E-state index is -0.645. The minimum Gasteiger partial charge on any atom is -0.399 e. The lowest BCUT2D eigenvalue weighted by Crippen LogP contribution is -2.41. The van der Waals surface area contributed by atoms with Gasteiger partial charge in [-0.05, 0) is 77.6 Å². The Kier molecular flexibility index (Phi) is 6.34. The maximum Gasteiger partial charge on any atom is 0.497 e. The lowest BCUT2D eigenvalue weighted by molar-refractivity contribution is 0.00578. The van der Waals surface area contributed by atoms with Crippen molar-refractivity contribution in [3.05, 3.63) is 29.6 Å². The van der Waals surface area contributed by atoms with Crippen LogP contribution < -0.4 is 5.46 Å². The summed E-state index contributed by atoms with van der Waals surface area (Å²) in [6.07, 6.45) is 6.50. The van der Waals surface area contributed by atoms with Gasteiger partial charge in [-0.25, -0.2) is 4.39 Å². The van der Waals surface area contributed by atoms with E-state index < -0.39 is 18.3 Å². The minimum absolute atomic E-state index is 0.254. The molecule has 2 fully saturated rings. The summed E-state index contributed by atoms with van der Waals surface area (Å²) in [5.74, 6) is 0.615. The van der Waals surface area contributed by atoms with Crippen LogP contribution in [-0.4, -0.2) is 36.3 Å². The van der Waals surface area contributed by atoms with E-state index in [0.29, 0.717) is 5.46 Å². The monoisotopic (exact) mass is 375 g/mol. The van der Waals surface area contributed by atoms with E-state index in [2.05, 4.69) is 11.8 Å². The molecule has 1 aromatic carbocycles. The molecule has 1 unspecified atom stereocenters. The third kappa shape index (κ3) is 4.75. The van der Waals surface area contributed by atoms with Crippen LogP contribution in [0.2, 0.25) is 0 Å². The molecule has 150 valence electrons. The van der Waals surface area contributed by atoms with Gasteiger partial charge in [-0.3, -0.25) is 4.90 Å². The average molecular weight is 375 g/mol. The Balaban J connectivity index is 1.69. The molecular formula is C22H35BFNO2. The van der Waals surface area contributed by atoms with Gasteiger partial charge in [0.2, 0.25) is 0 Å². The van der Waals surface area contributed by atoms with E-state index in [4.69, 9.17) is 9.31 Å². The number of hydrogen-bond acceptors (Lipinski definition) is 3. The van der Waals surface area contributed by atoms with Gasteiger partial charge in [-0.15, -0.1) is 0 Å². The van der Waals surface area contributed by atoms with Crippen molar-refractivity contribution in [2.45, 2.75) is 84.5 Å². The molecule has 2 aliphatic heterocycles. The molecule has 2 aliphatic rings. The van der Waals surface area contributed by atoms with Crippen LogP contribution >= 0.6 is 0 Å². The Morgan fingerprint density at radius 2 is 1.81 bits per heavy atom. The molecule has 0 radical (unpaired) electrons. The lowest BCUT2D eigenvalue weighted by atomic mass is 9.78. The summed E-state index contributed by atoms with van der Waals surface area (Å²) in [6.45, 7) is 13.4. The van der Waals surface area contributed by atoms with Gasteiger partial charge in [-0.1, -0.05) is 31.9 Å². The van der Waals surface area contributed by atoms with E-state index in [1.54, 1.807) is 6.07 Å². The molecule has 3 rings (SSSR count). The van der Waals surface area contributed by atoms with Crippen LogP contribution in [0.5, 0.6) is 0 Å². The van der Waals surface area contributed by atoms with Crippen LogP contribution in [0.25, 0.3) is 0 Å². The molecule has 0 amide bonds. The summed E-state index contributed by atoms with van der Waals surface area (Å²) in [5, 5.41) is 0. The predicted molar refractivity (Wildman–Crippen MR) is 110 cm³/mol. The van der Waals surface area contributed by atoms with Crippen LogP contribution in [0.1, 0.15) is 72.3 Å². The van der Waals surface area contributed by atoms with Crippen molar-refractivity contribution in [2.75, 3.05) is 13.1 Å². The van der Waals surface area contributed by atoms with E-state index in [-0.39, 0.29) is 5.82 Å². The molecule has 1 aromatic rings. The van der Waals surface area contributed by atoms with Crippen molar-refractivity contribution >= 4 is 12.6 Å². The molecule has 5 heteroatoms. The second-order valence-corrected chi connectivity index (χ2v) is 9.31. The Bertz CT molecular complexity index is 633. The zero-order chi connectivity index (χ0) is 19.7. The zero-order valence-corrected chi connectivity index (χ0v) is 17.7. The first kappa shape index (κ1) is 20.8. The van der Waals surface area contributed by atoms with Crippen molar-refractivity contribution in [3.8, 4) is 0 Å². The molecule has 0 spiro atoms. The zero-order valence-electron chi connectivity index (χ0n) is 17.7. The summed E-state index contributed by atoms with van der Waals surface area (Å²) in [5.41, 5.74) is 0.734. The Labute approximate surface area is 164 Å². The lowest BCUT2D eigenvalue weighted by Gasteiger charge is -2.32. The first-order valence-electron chi connectivity index (χ1n) is 10.6. The van der Waals surface area contributed by atoms with Crippen LogP contribution in [0.15, 0.2) is 18.2 Å². The van der Waals surface area contributed by atoms with Crippen LogP contribution in [0, 0.1) is 11.7 Å². The fraction of sp³-hybridized carbons (Fsp3) is 0.727. The van der Waals surface area contributed by atoms with Crippen LogP contribution in [-0.2, 0) is 15.9 Å². The summed E-state index contributed by atoms with van der Waals surface area (Å²) in [4.78, 5) is 2.51. The topological polar surface area (TPSA) is 21.7 Å². The second kappa shape index (κ2) is 8.22. The Morgan fingerprint density at radius 3 is 2.48 bits per heavy atom. The number of nitrogens with zero attached hydrogens (tertiary/aromatic N) is 1. The van der Waals surface area contributed by atoms with Gasteiger partial charge in [-0.2, -0.15) is 0 Å². The van der Waals surface area contributed by atoms with E-state index >= 15 is 0 Å². The van der Waals surface area contributed by atoms with Crippen molar-refractivity contribution in [2.24, 2.45) is 5.92 Å². The first-order chi connectivity index (χ1) is 12.7. The molecule has 0 aromatic heterocycles. The molecule has 0 bridgehead atoms. The standard InChI is InChI=1S/C22H35BFNO2/c1-6-8-17-9-7-13-25(14-12-17)16-18-10-11-20(24)19(15-18)23-26-21(2,3)22(4,5)27-23/h10-11,15,17H,6-9,12-14,16H2,1-5H3. The van der Waals surface area contributed by atoms with E-state index in [9.17, 15) is 4.39 Å². The molecule has 0 N–H and O–H groups in total. The maximum absolute atomic E-state index is 14.5. The molecule has 3 nitrogen and oxygen atoms in total. The van der Waals surface area contributed by atoms with Crippen molar-refractivity contribution in [1.29, 1.82) is 0 Å². The summed E-state index contributed by atoms with van der Waals surface area (Å²) < 4.78 is 26.7. The summed E-state index contributed by atoms with van der Waals surface area (Å²) in [7, 11) is -0.645. The number of benzene rings is 1. The predicted octanol–water partition coefficient (Wildman–Crippen LogP) is 4.53. The highest BCUT2D eigenvalue weighted by molar-refractivity contribution is 6.62. The SMILES string of the molecule is CCCC1CCCN(Cc2ccc(F)c(B3OC(C)(C)C(C)(C)O3)c2)CC1. The van der Waals surface area contributed by atoms with Crippen molar-refractivity contribution in [1.82, 2.24) is 4.90 Å². The summed E-state index contributed by atoms with van der Waals surface area (Å²) >= 11 is 0. The van der Waals surface area contributed by atoms with Gasteiger partial charge >= 0.3 is 7.12 Å². The first-order valence-corrected chi connectivity index (χ1v) is 10.6. The summed E-state index contributed by atoms with van der Waals surface area (Å²) in [6, 6.07) is 5.40. The normalized spacial score (nSPS) is 25.6. The molecule has 0 saturated carbocycles. The highest BCUT2D eigenvalue weighted by Crippen LogP contribution is 2.36.